The molecule has 0 atom stereocenters. The minimum atomic E-state index is 0.374. The van der Waals surface area contributed by atoms with Crippen LogP contribution in [0.5, 0.6) is 0 Å². The molecular weight excluding hydrogens is 166 g/mol. The number of rotatable bonds is 1. The SMILES string of the molecule is C=C1N=C(c2cnn(C)c2)N=C1N. The summed E-state index contributed by atoms with van der Waals surface area (Å²) in [4.78, 5) is 8.14. The van der Waals surface area contributed by atoms with Crippen molar-refractivity contribution in [2.24, 2.45) is 22.8 Å². The van der Waals surface area contributed by atoms with Gasteiger partial charge >= 0.3 is 0 Å². The molecule has 0 spiro atoms. The molecule has 5 nitrogen and oxygen atoms in total. The second-order valence-electron chi connectivity index (χ2n) is 2.78. The third-order valence-electron chi connectivity index (χ3n) is 1.73. The molecule has 2 rings (SSSR count). The highest BCUT2D eigenvalue weighted by Gasteiger charge is 2.13. The van der Waals surface area contributed by atoms with Crippen molar-refractivity contribution < 1.29 is 0 Å². The number of hydrogen-bond donors (Lipinski definition) is 1. The van der Waals surface area contributed by atoms with E-state index in [0.717, 1.165) is 5.56 Å². The number of hydrogen-bond acceptors (Lipinski definition) is 4. The van der Waals surface area contributed by atoms with Gasteiger partial charge in [-0.3, -0.25) is 4.68 Å². The normalized spacial score (nSPS) is 15.9. The van der Waals surface area contributed by atoms with Gasteiger partial charge in [0.05, 0.1) is 11.8 Å². The van der Waals surface area contributed by atoms with E-state index in [-0.39, 0.29) is 0 Å². The second kappa shape index (κ2) is 2.55. The van der Waals surface area contributed by atoms with E-state index in [0.29, 0.717) is 17.4 Å². The standard InChI is InChI=1S/C8H9N5/c1-5-7(9)12-8(11-5)6-3-10-13(2)4-6/h3-4H,1H2,2H3,(H2,9,11,12). The first kappa shape index (κ1) is 7.72. The summed E-state index contributed by atoms with van der Waals surface area (Å²) in [7, 11) is 1.83. The van der Waals surface area contributed by atoms with Crippen LogP contribution in [-0.2, 0) is 7.05 Å². The Labute approximate surface area is 75.3 Å². The zero-order valence-corrected chi connectivity index (χ0v) is 7.23. The molecule has 0 radical (unpaired) electrons. The van der Waals surface area contributed by atoms with Crippen LogP contribution in [0.3, 0.4) is 0 Å². The average molecular weight is 175 g/mol. The predicted molar refractivity (Wildman–Crippen MR) is 50.5 cm³/mol. The Balaban J connectivity index is 2.40. The van der Waals surface area contributed by atoms with Crippen molar-refractivity contribution in [1.29, 1.82) is 0 Å². The molecule has 2 heterocycles. The maximum atomic E-state index is 5.52. The highest BCUT2D eigenvalue weighted by molar-refractivity contribution is 6.16. The fourth-order valence-corrected chi connectivity index (χ4v) is 1.05. The monoisotopic (exact) mass is 175 g/mol. The smallest absolute Gasteiger partial charge is 0.165 e. The molecule has 1 aliphatic rings. The highest BCUT2D eigenvalue weighted by Crippen LogP contribution is 2.10. The van der Waals surface area contributed by atoms with Gasteiger partial charge in [-0.05, 0) is 0 Å². The number of nitrogens with zero attached hydrogens (tertiary/aromatic N) is 4. The first-order valence-corrected chi connectivity index (χ1v) is 3.78. The lowest BCUT2D eigenvalue weighted by atomic mass is 10.3. The molecule has 66 valence electrons. The summed E-state index contributed by atoms with van der Waals surface area (Å²) in [6.07, 6.45) is 3.52. The lowest BCUT2D eigenvalue weighted by Crippen LogP contribution is -2.09. The van der Waals surface area contributed by atoms with Gasteiger partial charge in [0, 0.05) is 13.2 Å². The molecule has 5 heteroatoms. The van der Waals surface area contributed by atoms with Crippen molar-refractivity contribution in [3.8, 4) is 0 Å². The Bertz CT molecular complexity index is 423. The van der Waals surface area contributed by atoms with Crippen LogP contribution >= 0.6 is 0 Å². The molecule has 1 aromatic heterocycles. The summed E-state index contributed by atoms with van der Waals surface area (Å²) < 4.78 is 1.69. The first-order chi connectivity index (χ1) is 6.16. The largest absolute Gasteiger partial charge is 0.382 e. The number of aliphatic imine (C=N–C) groups is 2. The van der Waals surface area contributed by atoms with Crippen molar-refractivity contribution in [3.05, 3.63) is 30.2 Å². The molecular formula is C8H9N5. The van der Waals surface area contributed by atoms with E-state index in [1.54, 1.807) is 10.9 Å². The maximum Gasteiger partial charge on any atom is 0.165 e. The Morgan fingerprint density at radius 3 is 2.69 bits per heavy atom. The van der Waals surface area contributed by atoms with Gasteiger partial charge in [0.15, 0.2) is 11.7 Å². The topological polar surface area (TPSA) is 68.6 Å². The zero-order valence-electron chi connectivity index (χ0n) is 7.23. The van der Waals surface area contributed by atoms with Crippen molar-refractivity contribution >= 4 is 11.7 Å². The minimum absolute atomic E-state index is 0.374. The van der Waals surface area contributed by atoms with E-state index in [2.05, 4.69) is 21.7 Å². The van der Waals surface area contributed by atoms with Crippen LogP contribution in [0.4, 0.5) is 0 Å². The summed E-state index contributed by atoms with van der Waals surface area (Å²) in [6, 6.07) is 0. The molecule has 0 fully saturated rings. The van der Waals surface area contributed by atoms with Crippen LogP contribution in [0.2, 0.25) is 0 Å². The Morgan fingerprint density at radius 2 is 2.23 bits per heavy atom. The van der Waals surface area contributed by atoms with E-state index in [1.165, 1.54) is 0 Å². The summed E-state index contributed by atoms with van der Waals surface area (Å²) in [5, 5.41) is 4.01. The number of aromatic nitrogens is 2. The first-order valence-electron chi connectivity index (χ1n) is 3.78. The van der Waals surface area contributed by atoms with Gasteiger partial charge in [-0.1, -0.05) is 6.58 Å². The van der Waals surface area contributed by atoms with Crippen LogP contribution in [0.1, 0.15) is 5.56 Å². The number of nitrogens with two attached hydrogens (primary N) is 1. The lowest BCUT2D eigenvalue weighted by Gasteiger charge is -1.87. The van der Waals surface area contributed by atoms with E-state index in [1.807, 2.05) is 13.2 Å². The van der Waals surface area contributed by atoms with Gasteiger partial charge < -0.3 is 5.73 Å². The van der Waals surface area contributed by atoms with E-state index in [4.69, 9.17) is 5.73 Å². The molecule has 0 aromatic carbocycles. The molecule has 0 saturated carbocycles. The van der Waals surface area contributed by atoms with Gasteiger partial charge in [0.25, 0.3) is 0 Å². The summed E-state index contributed by atoms with van der Waals surface area (Å²) in [5.74, 6) is 0.953. The van der Waals surface area contributed by atoms with E-state index in [9.17, 15) is 0 Å². The Morgan fingerprint density at radius 1 is 1.46 bits per heavy atom. The van der Waals surface area contributed by atoms with Crippen molar-refractivity contribution in [1.82, 2.24) is 9.78 Å². The van der Waals surface area contributed by atoms with E-state index >= 15 is 0 Å². The van der Waals surface area contributed by atoms with Crippen LogP contribution in [0, 0.1) is 0 Å². The van der Waals surface area contributed by atoms with Crippen LogP contribution in [0.15, 0.2) is 34.7 Å². The molecule has 1 aliphatic heterocycles. The highest BCUT2D eigenvalue weighted by atomic mass is 15.2. The Hall–Kier alpha value is -1.91. The summed E-state index contributed by atoms with van der Waals surface area (Å²) >= 11 is 0. The average Bonchev–Trinajstić information content (AvgIpc) is 2.61. The third kappa shape index (κ3) is 1.24. The van der Waals surface area contributed by atoms with E-state index < -0.39 is 0 Å². The Kier molecular flexibility index (Phi) is 1.51. The minimum Gasteiger partial charge on any atom is -0.382 e. The van der Waals surface area contributed by atoms with Gasteiger partial charge in [0.2, 0.25) is 0 Å². The third-order valence-corrected chi connectivity index (χ3v) is 1.73. The van der Waals surface area contributed by atoms with Crippen LogP contribution in [0.25, 0.3) is 0 Å². The molecule has 2 N–H and O–H groups in total. The fourth-order valence-electron chi connectivity index (χ4n) is 1.05. The van der Waals surface area contributed by atoms with Crippen molar-refractivity contribution in [2.75, 3.05) is 0 Å². The molecule has 13 heavy (non-hydrogen) atoms. The molecule has 0 amide bonds. The number of aryl methyl sites for hydroxylation is 1. The lowest BCUT2D eigenvalue weighted by molar-refractivity contribution is 0.767. The zero-order chi connectivity index (χ0) is 9.42. The summed E-state index contributed by atoms with van der Waals surface area (Å²) in [5.41, 5.74) is 6.89. The molecule has 0 saturated heterocycles. The van der Waals surface area contributed by atoms with Crippen LogP contribution < -0.4 is 5.73 Å². The molecule has 0 unspecified atom stereocenters. The van der Waals surface area contributed by atoms with Gasteiger partial charge in [-0.25, -0.2) is 9.98 Å². The van der Waals surface area contributed by atoms with Crippen molar-refractivity contribution in [2.45, 2.75) is 0 Å². The second-order valence-corrected chi connectivity index (χ2v) is 2.78. The van der Waals surface area contributed by atoms with Crippen LogP contribution in [-0.4, -0.2) is 21.5 Å². The quantitative estimate of drug-likeness (QED) is 0.655. The summed E-state index contributed by atoms with van der Waals surface area (Å²) in [6.45, 7) is 3.65. The van der Waals surface area contributed by atoms with Crippen molar-refractivity contribution in [3.63, 3.8) is 0 Å². The molecule has 1 aromatic rings. The van der Waals surface area contributed by atoms with Gasteiger partial charge in [0.1, 0.15) is 5.70 Å². The van der Waals surface area contributed by atoms with Gasteiger partial charge in [-0.2, -0.15) is 5.10 Å². The maximum absolute atomic E-state index is 5.52. The number of amidine groups is 2. The molecule has 0 aliphatic carbocycles. The molecule has 0 bridgehead atoms. The predicted octanol–water partition coefficient (Wildman–Crippen LogP) is 0.0512. The van der Waals surface area contributed by atoms with Gasteiger partial charge in [-0.15, -0.1) is 0 Å². The fraction of sp³-hybridized carbons (Fsp3) is 0.125.